The predicted molar refractivity (Wildman–Crippen MR) is 235 cm³/mol. The van der Waals surface area contributed by atoms with Gasteiger partial charge in [-0.2, -0.15) is 0 Å². The zero-order valence-corrected chi connectivity index (χ0v) is 30.6. The average Bonchev–Trinajstić information content (AvgIpc) is 3.83. The summed E-state index contributed by atoms with van der Waals surface area (Å²) in [6.07, 6.45) is 0. The van der Waals surface area contributed by atoms with Crippen LogP contribution in [-0.2, 0) is 0 Å². The standard InChI is InChI=1S/C52H33NOS/c1-2-11-36(12-3-1)43-18-9-20-46-47-33-38(27-32-50(47)55-52(43)46)34-23-28-39(29-24-34)53(48-21-10-19-45-44-16-6-7-22-49(44)54-51(45)48)40-30-25-37(26-31-40)42-17-8-14-35-13-4-5-15-41(35)42/h1-33H. The molecule has 11 aromatic rings. The predicted octanol–water partition coefficient (Wildman–Crippen LogP) is 15.6. The summed E-state index contributed by atoms with van der Waals surface area (Å²) in [4.78, 5) is 2.32. The van der Waals surface area contributed by atoms with Gasteiger partial charge in [0.2, 0.25) is 0 Å². The molecule has 0 saturated heterocycles. The second-order valence-corrected chi connectivity index (χ2v) is 15.1. The zero-order valence-electron chi connectivity index (χ0n) is 29.8. The number of nitrogens with zero attached hydrogens (tertiary/aromatic N) is 1. The van der Waals surface area contributed by atoms with Gasteiger partial charge in [-0.1, -0.05) is 152 Å². The Balaban J connectivity index is 1.02. The maximum absolute atomic E-state index is 6.61. The van der Waals surface area contributed by atoms with Gasteiger partial charge in [-0.05, 0) is 92.7 Å². The topological polar surface area (TPSA) is 16.4 Å². The highest BCUT2D eigenvalue weighted by molar-refractivity contribution is 7.26. The third-order valence-electron chi connectivity index (χ3n) is 10.9. The minimum Gasteiger partial charge on any atom is -0.454 e. The Morgan fingerprint density at radius 2 is 0.982 bits per heavy atom. The molecule has 0 amide bonds. The normalized spacial score (nSPS) is 11.6. The number of furan rings is 1. The van der Waals surface area contributed by atoms with Crippen molar-refractivity contribution in [2.75, 3.05) is 4.90 Å². The van der Waals surface area contributed by atoms with E-state index in [0.717, 1.165) is 39.0 Å². The maximum atomic E-state index is 6.61. The van der Waals surface area contributed by atoms with Gasteiger partial charge in [-0.15, -0.1) is 11.3 Å². The first kappa shape index (κ1) is 31.6. The number of benzene rings is 9. The molecule has 2 nitrogen and oxygen atoms in total. The lowest BCUT2D eigenvalue weighted by Gasteiger charge is -2.26. The van der Waals surface area contributed by atoms with Crippen LogP contribution in [0.2, 0.25) is 0 Å². The largest absolute Gasteiger partial charge is 0.454 e. The van der Waals surface area contributed by atoms with Crippen molar-refractivity contribution in [3.05, 3.63) is 200 Å². The second kappa shape index (κ2) is 12.9. The summed E-state index contributed by atoms with van der Waals surface area (Å²) in [7, 11) is 0. The number of para-hydroxylation sites is 2. The molecule has 258 valence electrons. The van der Waals surface area contributed by atoms with Crippen LogP contribution in [0.3, 0.4) is 0 Å². The first-order valence-corrected chi connectivity index (χ1v) is 19.5. The Bertz CT molecular complexity index is 3190. The van der Waals surface area contributed by atoms with Crippen LogP contribution in [0.5, 0.6) is 0 Å². The molecule has 0 saturated carbocycles. The van der Waals surface area contributed by atoms with Gasteiger partial charge >= 0.3 is 0 Å². The fraction of sp³-hybridized carbons (Fsp3) is 0. The summed E-state index contributed by atoms with van der Waals surface area (Å²) in [6.45, 7) is 0. The Morgan fingerprint density at radius 1 is 0.382 bits per heavy atom. The van der Waals surface area contributed by atoms with Crippen molar-refractivity contribution in [2.45, 2.75) is 0 Å². The molecule has 55 heavy (non-hydrogen) atoms. The molecule has 11 rings (SSSR count). The summed E-state index contributed by atoms with van der Waals surface area (Å²) in [6, 6.07) is 72.0. The Hall–Kier alpha value is -6.94. The van der Waals surface area contributed by atoms with Crippen molar-refractivity contribution in [1.29, 1.82) is 0 Å². The third-order valence-corrected chi connectivity index (χ3v) is 12.1. The highest BCUT2D eigenvalue weighted by Crippen LogP contribution is 2.44. The van der Waals surface area contributed by atoms with E-state index in [0.29, 0.717) is 0 Å². The molecule has 0 fully saturated rings. The highest BCUT2D eigenvalue weighted by atomic mass is 32.1. The molecular formula is C52H33NOS. The fourth-order valence-electron chi connectivity index (χ4n) is 8.23. The molecule has 2 aromatic heterocycles. The number of thiophene rings is 1. The average molecular weight is 720 g/mol. The smallest absolute Gasteiger partial charge is 0.159 e. The first-order chi connectivity index (χ1) is 27.3. The first-order valence-electron chi connectivity index (χ1n) is 18.7. The van der Waals surface area contributed by atoms with Gasteiger partial charge in [0.05, 0.1) is 5.69 Å². The highest BCUT2D eigenvalue weighted by Gasteiger charge is 2.20. The third kappa shape index (κ3) is 5.32. The molecule has 0 bridgehead atoms. The van der Waals surface area contributed by atoms with Crippen LogP contribution in [0.1, 0.15) is 0 Å². The van der Waals surface area contributed by atoms with Crippen molar-refractivity contribution in [3.63, 3.8) is 0 Å². The lowest BCUT2D eigenvalue weighted by atomic mass is 9.98. The molecule has 0 spiro atoms. The molecule has 0 aliphatic rings. The Labute approximate surface area is 322 Å². The lowest BCUT2D eigenvalue weighted by Crippen LogP contribution is -2.10. The van der Waals surface area contributed by atoms with Crippen molar-refractivity contribution < 1.29 is 4.42 Å². The molecular weight excluding hydrogens is 687 g/mol. The van der Waals surface area contributed by atoms with Crippen LogP contribution >= 0.6 is 11.3 Å². The van der Waals surface area contributed by atoms with E-state index in [-0.39, 0.29) is 0 Å². The molecule has 0 aliphatic heterocycles. The van der Waals surface area contributed by atoms with Gasteiger partial charge in [-0.3, -0.25) is 0 Å². The van der Waals surface area contributed by atoms with Gasteiger partial charge < -0.3 is 9.32 Å². The monoisotopic (exact) mass is 719 g/mol. The van der Waals surface area contributed by atoms with E-state index in [1.165, 1.54) is 64.3 Å². The zero-order chi connectivity index (χ0) is 36.3. The molecule has 0 unspecified atom stereocenters. The Morgan fingerprint density at radius 3 is 1.82 bits per heavy atom. The molecule has 0 N–H and O–H groups in total. The van der Waals surface area contributed by atoms with Gasteiger partial charge in [0.15, 0.2) is 5.58 Å². The molecule has 3 heteroatoms. The van der Waals surface area contributed by atoms with Gasteiger partial charge in [-0.25, -0.2) is 0 Å². The molecule has 0 atom stereocenters. The van der Waals surface area contributed by atoms with Gasteiger partial charge in [0.25, 0.3) is 0 Å². The van der Waals surface area contributed by atoms with Gasteiger partial charge in [0.1, 0.15) is 5.58 Å². The molecule has 0 radical (unpaired) electrons. The summed E-state index contributed by atoms with van der Waals surface area (Å²) in [5.74, 6) is 0. The summed E-state index contributed by atoms with van der Waals surface area (Å²) in [5, 5.41) is 7.32. The van der Waals surface area contributed by atoms with Gasteiger partial charge in [0, 0.05) is 42.3 Å². The lowest BCUT2D eigenvalue weighted by molar-refractivity contribution is 0.669. The fourth-order valence-corrected chi connectivity index (χ4v) is 9.45. The van der Waals surface area contributed by atoms with E-state index >= 15 is 0 Å². The van der Waals surface area contributed by atoms with Crippen LogP contribution < -0.4 is 4.90 Å². The minimum atomic E-state index is 0.871. The number of anilines is 3. The number of hydrogen-bond acceptors (Lipinski definition) is 3. The summed E-state index contributed by atoms with van der Waals surface area (Å²) < 4.78 is 9.24. The minimum absolute atomic E-state index is 0.871. The quantitative estimate of drug-likeness (QED) is 0.170. The van der Waals surface area contributed by atoms with E-state index in [1.54, 1.807) is 0 Å². The molecule has 9 aromatic carbocycles. The van der Waals surface area contributed by atoms with Crippen molar-refractivity contribution in [1.82, 2.24) is 0 Å². The molecule has 0 aliphatic carbocycles. The number of rotatable bonds is 6. The van der Waals surface area contributed by atoms with E-state index in [1.807, 2.05) is 23.5 Å². The molecule has 2 heterocycles. The van der Waals surface area contributed by atoms with E-state index in [9.17, 15) is 0 Å². The van der Waals surface area contributed by atoms with Crippen molar-refractivity contribution >= 4 is 81.3 Å². The van der Waals surface area contributed by atoms with Crippen LogP contribution in [0.25, 0.3) is 86.3 Å². The van der Waals surface area contributed by atoms with E-state index in [4.69, 9.17) is 4.42 Å². The van der Waals surface area contributed by atoms with E-state index < -0.39 is 0 Å². The van der Waals surface area contributed by atoms with E-state index in [2.05, 4.69) is 193 Å². The maximum Gasteiger partial charge on any atom is 0.159 e. The van der Waals surface area contributed by atoms with Crippen LogP contribution in [0, 0.1) is 0 Å². The van der Waals surface area contributed by atoms with Crippen molar-refractivity contribution in [3.8, 4) is 33.4 Å². The van der Waals surface area contributed by atoms with Crippen LogP contribution in [0.15, 0.2) is 205 Å². The number of fused-ring (bicyclic) bond motifs is 7. The Kier molecular flexibility index (Phi) is 7.39. The summed E-state index contributed by atoms with van der Waals surface area (Å²) >= 11 is 1.88. The van der Waals surface area contributed by atoms with Crippen LogP contribution in [-0.4, -0.2) is 0 Å². The van der Waals surface area contributed by atoms with Crippen molar-refractivity contribution in [2.24, 2.45) is 0 Å². The SMILES string of the molecule is c1ccc(-c2cccc3c2sc2ccc(-c4ccc(N(c5ccc(-c6cccc7ccccc67)cc5)c5cccc6c5oc5ccccc56)cc4)cc23)cc1. The van der Waals surface area contributed by atoms with Crippen LogP contribution in [0.4, 0.5) is 17.1 Å². The summed E-state index contributed by atoms with van der Waals surface area (Å²) in [5.41, 5.74) is 12.2. The second-order valence-electron chi connectivity index (χ2n) is 14.1. The number of hydrogen-bond donors (Lipinski definition) is 0.